The van der Waals surface area contributed by atoms with E-state index in [9.17, 15) is 4.79 Å². The molecular weight excluding hydrogens is 334 g/mol. The number of aryl methyl sites for hydroxylation is 1. The molecule has 0 bridgehead atoms. The van der Waals surface area contributed by atoms with Crippen molar-refractivity contribution in [1.82, 2.24) is 0 Å². The van der Waals surface area contributed by atoms with Crippen LogP contribution in [0, 0.1) is 5.92 Å². The van der Waals surface area contributed by atoms with E-state index in [1.807, 2.05) is 73.7 Å². The Balaban J connectivity index is 1.70. The van der Waals surface area contributed by atoms with Gasteiger partial charge in [0.1, 0.15) is 5.75 Å². The third-order valence-corrected chi connectivity index (χ3v) is 4.65. The average Bonchev–Trinajstić information content (AvgIpc) is 2.73. The van der Waals surface area contributed by atoms with Gasteiger partial charge in [-0.15, -0.1) is 0 Å². The second-order valence-corrected chi connectivity index (χ2v) is 6.66. The molecule has 0 fully saturated rings. The van der Waals surface area contributed by atoms with E-state index in [2.05, 4.69) is 17.4 Å². The monoisotopic (exact) mass is 359 g/mol. The lowest BCUT2D eigenvalue weighted by Gasteiger charge is -2.25. The van der Waals surface area contributed by atoms with Crippen molar-refractivity contribution in [3.05, 3.63) is 96.6 Å². The highest BCUT2D eigenvalue weighted by Gasteiger charge is 2.25. The molecule has 3 aromatic carbocycles. The van der Waals surface area contributed by atoms with Gasteiger partial charge in [0.2, 0.25) is 0 Å². The van der Waals surface area contributed by atoms with Crippen LogP contribution in [0.15, 0.2) is 91.0 Å². The van der Waals surface area contributed by atoms with Gasteiger partial charge in [0, 0.05) is 11.7 Å². The van der Waals surface area contributed by atoms with Crippen LogP contribution in [0.3, 0.4) is 0 Å². The van der Waals surface area contributed by atoms with E-state index >= 15 is 0 Å². The quantitative estimate of drug-likeness (QED) is 0.436. The van der Waals surface area contributed by atoms with Crippen molar-refractivity contribution in [3.8, 4) is 5.75 Å². The number of anilines is 1. The first kappa shape index (κ1) is 18.7. The summed E-state index contributed by atoms with van der Waals surface area (Å²) in [6.07, 6.45) is 1.73. The van der Waals surface area contributed by atoms with Crippen molar-refractivity contribution >= 4 is 11.7 Å². The summed E-state index contributed by atoms with van der Waals surface area (Å²) in [6.45, 7) is 1.93. The Morgan fingerprint density at radius 1 is 0.852 bits per heavy atom. The topological polar surface area (TPSA) is 38.3 Å². The van der Waals surface area contributed by atoms with Crippen molar-refractivity contribution in [2.75, 3.05) is 5.32 Å². The van der Waals surface area contributed by atoms with Crippen LogP contribution in [0.4, 0.5) is 5.69 Å². The minimum atomic E-state index is -0.283. The number of hydrogen-bond acceptors (Lipinski definition) is 3. The molecule has 0 radical (unpaired) electrons. The van der Waals surface area contributed by atoms with Gasteiger partial charge in [0.25, 0.3) is 0 Å². The molecule has 3 rings (SSSR count). The van der Waals surface area contributed by atoms with Gasteiger partial charge in [-0.1, -0.05) is 66.7 Å². The fourth-order valence-corrected chi connectivity index (χ4v) is 3.02. The van der Waals surface area contributed by atoms with Gasteiger partial charge >= 0.3 is 5.97 Å². The summed E-state index contributed by atoms with van der Waals surface area (Å²) in [5.41, 5.74) is 2.27. The lowest BCUT2D eigenvalue weighted by Crippen LogP contribution is -2.35. The van der Waals surface area contributed by atoms with E-state index in [4.69, 9.17) is 4.74 Å². The first-order valence-electron chi connectivity index (χ1n) is 9.34. The molecule has 0 unspecified atom stereocenters. The third-order valence-electron chi connectivity index (χ3n) is 4.65. The van der Waals surface area contributed by atoms with Crippen molar-refractivity contribution in [2.24, 2.45) is 5.92 Å². The van der Waals surface area contributed by atoms with Crippen LogP contribution in [0.1, 0.15) is 18.9 Å². The Morgan fingerprint density at radius 2 is 1.41 bits per heavy atom. The van der Waals surface area contributed by atoms with Crippen LogP contribution >= 0.6 is 0 Å². The molecular formula is C24H25NO2. The highest BCUT2D eigenvalue weighted by atomic mass is 16.5. The molecule has 1 N–H and O–H groups in total. The zero-order valence-electron chi connectivity index (χ0n) is 15.5. The Kier molecular flexibility index (Phi) is 6.64. The molecule has 0 aliphatic heterocycles. The molecule has 138 valence electrons. The lowest BCUT2D eigenvalue weighted by molar-refractivity contribution is -0.138. The number of carbonyl (C=O) groups is 1. The van der Waals surface area contributed by atoms with E-state index in [1.165, 1.54) is 5.56 Å². The predicted molar refractivity (Wildman–Crippen MR) is 110 cm³/mol. The van der Waals surface area contributed by atoms with Gasteiger partial charge < -0.3 is 10.1 Å². The maximum atomic E-state index is 12.7. The molecule has 3 aromatic rings. The van der Waals surface area contributed by atoms with Gasteiger partial charge in [-0.05, 0) is 49.6 Å². The van der Waals surface area contributed by atoms with Crippen molar-refractivity contribution in [1.29, 1.82) is 0 Å². The smallest absolute Gasteiger partial charge is 0.316 e. The van der Waals surface area contributed by atoms with Crippen LogP contribution < -0.4 is 10.1 Å². The lowest BCUT2D eigenvalue weighted by atomic mass is 9.94. The SMILES string of the molecule is C[C@H](C(=O)Oc1ccccc1)[C@H](CCc1ccccc1)Nc1ccccc1. The normalized spacial score (nSPS) is 12.8. The zero-order valence-corrected chi connectivity index (χ0v) is 15.5. The number of ether oxygens (including phenoxy) is 1. The summed E-state index contributed by atoms with van der Waals surface area (Å²) in [5, 5.41) is 3.51. The summed E-state index contributed by atoms with van der Waals surface area (Å²) >= 11 is 0. The summed E-state index contributed by atoms with van der Waals surface area (Å²) in [4.78, 5) is 12.7. The summed E-state index contributed by atoms with van der Waals surface area (Å²) in [6, 6.07) is 29.5. The molecule has 0 heterocycles. The van der Waals surface area contributed by atoms with E-state index in [0.29, 0.717) is 5.75 Å². The predicted octanol–water partition coefficient (Wildman–Crippen LogP) is 5.34. The van der Waals surface area contributed by atoms with Gasteiger partial charge in [-0.3, -0.25) is 4.79 Å². The molecule has 0 amide bonds. The molecule has 0 aromatic heterocycles. The standard InChI is InChI=1S/C24H25NO2/c1-19(24(26)27-22-15-9-4-10-16-22)23(25-21-13-7-3-8-14-21)18-17-20-11-5-2-6-12-20/h2-16,19,23,25H,17-18H2,1H3/t19-,23-/m0/s1. The molecule has 0 aliphatic rings. The van der Waals surface area contributed by atoms with Gasteiger partial charge in [-0.25, -0.2) is 0 Å². The van der Waals surface area contributed by atoms with E-state index in [1.54, 1.807) is 12.1 Å². The highest BCUT2D eigenvalue weighted by molar-refractivity contribution is 5.76. The van der Waals surface area contributed by atoms with Crippen LogP contribution in [-0.4, -0.2) is 12.0 Å². The van der Waals surface area contributed by atoms with Gasteiger partial charge in [0.05, 0.1) is 5.92 Å². The number of rotatable bonds is 8. The number of para-hydroxylation sites is 2. The van der Waals surface area contributed by atoms with Crippen LogP contribution in [0.5, 0.6) is 5.75 Å². The molecule has 0 spiro atoms. The number of carbonyl (C=O) groups excluding carboxylic acids is 1. The van der Waals surface area contributed by atoms with Gasteiger partial charge in [0.15, 0.2) is 0 Å². The van der Waals surface area contributed by atoms with E-state index < -0.39 is 0 Å². The maximum absolute atomic E-state index is 12.7. The fraction of sp³-hybridized carbons (Fsp3) is 0.208. The second-order valence-electron chi connectivity index (χ2n) is 6.66. The molecule has 0 saturated carbocycles. The fourth-order valence-electron chi connectivity index (χ4n) is 3.02. The molecule has 0 saturated heterocycles. The number of hydrogen-bond donors (Lipinski definition) is 1. The Bertz CT molecular complexity index is 819. The van der Waals surface area contributed by atoms with Crippen molar-refractivity contribution in [2.45, 2.75) is 25.8 Å². The number of esters is 1. The molecule has 0 aliphatic carbocycles. The molecule has 3 nitrogen and oxygen atoms in total. The van der Waals surface area contributed by atoms with Crippen LogP contribution in [-0.2, 0) is 11.2 Å². The van der Waals surface area contributed by atoms with E-state index in [0.717, 1.165) is 18.5 Å². The van der Waals surface area contributed by atoms with E-state index in [-0.39, 0.29) is 17.9 Å². The Labute approximate surface area is 161 Å². The summed E-state index contributed by atoms with van der Waals surface area (Å²) in [5.74, 6) is 0.0766. The minimum absolute atomic E-state index is 0.0242. The van der Waals surface area contributed by atoms with Crippen LogP contribution in [0.25, 0.3) is 0 Å². The van der Waals surface area contributed by atoms with Crippen molar-refractivity contribution in [3.63, 3.8) is 0 Å². The number of nitrogens with one attached hydrogen (secondary N) is 1. The first-order chi connectivity index (χ1) is 13.2. The number of benzene rings is 3. The van der Waals surface area contributed by atoms with Gasteiger partial charge in [-0.2, -0.15) is 0 Å². The Hall–Kier alpha value is -3.07. The molecule has 3 heteroatoms. The first-order valence-corrected chi connectivity index (χ1v) is 9.34. The minimum Gasteiger partial charge on any atom is -0.426 e. The van der Waals surface area contributed by atoms with Crippen molar-refractivity contribution < 1.29 is 9.53 Å². The molecule has 27 heavy (non-hydrogen) atoms. The third kappa shape index (κ3) is 5.71. The zero-order chi connectivity index (χ0) is 18.9. The second kappa shape index (κ2) is 9.58. The Morgan fingerprint density at radius 3 is 2.04 bits per heavy atom. The maximum Gasteiger partial charge on any atom is 0.316 e. The summed E-state index contributed by atoms with van der Waals surface area (Å²) < 4.78 is 5.57. The average molecular weight is 359 g/mol. The largest absolute Gasteiger partial charge is 0.426 e. The summed E-state index contributed by atoms with van der Waals surface area (Å²) in [7, 11) is 0. The van der Waals surface area contributed by atoms with Crippen LogP contribution in [0.2, 0.25) is 0 Å². The molecule has 2 atom stereocenters. The highest BCUT2D eigenvalue weighted by Crippen LogP contribution is 2.20.